The van der Waals surface area contributed by atoms with E-state index in [2.05, 4.69) is 5.10 Å². The van der Waals surface area contributed by atoms with Crippen LogP contribution in [0.3, 0.4) is 0 Å². The molecule has 0 spiro atoms. The van der Waals surface area contributed by atoms with Gasteiger partial charge in [-0.15, -0.1) is 0 Å². The summed E-state index contributed by atoms with van der Waals surface area (Å²) in [6.45, 7) is 1.48. The van der Waals surface area contributed by atoms with E-state index in [1.807, 2.05) is 24.3 Å². The minimum atomic E-state index is -0.203. The molecule has 1 amide bonds. The maximum Gasteiger partial charge on any atom is 0.240 e. The normalized spacial score (nSPS) is 17.5. The molecular weight excluding hydrogens is 300 g/mol. The molecule has 0 aromatic heterocycles. The van der Waals surface area contributed by atoms with Gasteiger partial charge in [0.15, 0.2) is 0 Å². The molecule has 0 saturated carbocycles. The maximum atomic E-state index is 11.9. The lowest BCUT2D eigenvalue weighted by Gasteiger charge is -2.20. The Kier molecular flexibility index (Phi) is 3.86. The van der Waals surface area contributed by atoms with Crippen LogP contribution in [0.1, 0.15) is 30.5 Å². The topological polar surface area (TPSA) is 52.9 Å². The molecule has 0 bridgehead atoms. The summed E-state index contributed by atoms with van der Waals surface area (Å²) in [5, 5.41) is 16.5. The first-order chi connectivity index (χ1) is 10.6. The Bertz CT molecular complexity index is 758. The standard InChI is InChI=1S/C17H15ClN2O2/c1-11(21)20-16(12-5-4-6-13(18)9-12)10-15(19-20)14-7-2-3-8-17(14)22/h2-9,16,22H,10H2,1H3/t16-/m0/s1. The summed E-state index contributed by atoms with van der Waals surface area (Å²) in [5.41, 5.74) is 2.27. The number of hydrogen-bond donors (Lipinski definition) is 1. The SMILES string of the molecule is CC(=O)N1N=C(c2ccccc2O)C[C@H]1c1cccc(Cl)c1. The average molecular weight is 315 g/mol. The van der Waals surface area contributed by atoms with Gasteiger partial charge in [0.25, 0.3) is 0 Å². The van der Waals surface area contributed by atoms with Crippen LogP contribution < -0.4 is 0 Å². The average Bonchev–Trinajstić information content (AvgIpc) is 2.93. The smallest absolute Gasteiger partial charge is 0.240 e. The van der Waals surface area contributed by atoms with E-state index in [4.69, 9.17) is 11.6 Å². The van der Waals surface area contributed by atoms with Crippen LogP contribution in [0.15, 0.2) is 53.6 Å². The Morgan fingerprint density at radius 2 is 2.05 bits per heavy atom. The zero-order valence-electron chi connectivity index (χ0n) is 12.0. The predicted octanol–water partition coefficient (Wildman–Crippen LogP) is 3.74. The van der Waals surface area contributed by atoms with Crippen LogP contribution in [0.25, 0.3) is 0 Å². The zero-order valence-corrected chi connectivity index (χ0v) is 12.8. The molecule has 0 fully saturated rings. The number of carbonyl (C=O) groups is 1. The van der Waals surface area contributed by atoms with E-state index in [9.17, 15) is 9.90 Å². The summed E-state index contributed by atoms with van der Waals surface area (Å²) in [7, 11) is 0. The van der Waals surface area contributed by atoms with Crippen molar-refractivity contribution >= 4 is 23.2 Å². The van der Waals surface area contributed by atoms with Crippen molar-refractivity contribution in [3.8, 4) is 5.75 Å². The van der Waals surface area contributed by atoms with Crippen LogP contribution in [0.4, 0.5) is 0 Å². The Morgan fingerprint density at radius 1 is 1.27 bits per heavy atom. The molecule has 0 saturated heterocycles. The van der Waals surface area contributed by atoms with Gasteiger partial charge in [0.1, 0.15) is 5.75 Å². The molecule has 2 aromatic rings. The first-order valence-electron chi connectivity index (χ1n) is 6.97. The highest BCUT2D eigenvalue weighted by Gasteiger charge is 2.32. The first-order valence-corrected chi connectivity index (χ1v) is 7.35. The lowest BCUT2D eigenvalue weighted by Crippen LogP contribution is -2.24. The molecular formula is C17H15ClN2O2. The number of para-hydroxylation sites is 1. The first kappa shape index (κ1) is 14.6. The summed E-state index contributed by atoms with van der Waals surface area (Å²) < 4.78 is 0. The van der Waals surface area contributed by atoms with Gasteiger partial charge in [-0.05, 0) is 29.8 Å². The maximum absolute atomic E-state index is 11.9. The second-order valence-electron chi connectivity index (χ2n) is 5.20. The van der Waals surface area contributed by atoms with E-state index >= 15 is 0 Å². The largest absolute Gasteiger partial charge is 0.507 e. The van der Waals surface area contributed by atoms with Crippen LogP contribution in [0, 0.1) is 0 Å². The van der Waals surface area contributed by atoms with Crippen molar-refractivity contribution in [3.63, 3.8) is 0 Å². The van der Waals surface area contributed by atoms with Gasteiger partial charge in [-0.2, -0.15) is 5.10 Å². The van der Waals surface area contributed by atoms with Crippen LogP contribution in [-0.2, 0) is 4.79 Å². The molecule has 0 unspecified atom stereocenters. The van der Waals surface area contributed by atoms with Crippen molar-refractivity contribution in [1.29, 1.82) is 0 Å². The Hall–Kier alpha value is -2.33. The number of amides is 1. The van der Waals surface area contributed by atoms with Gasteiger partial charge < -0.3 is 5.11 Å². The molecule has 1 N–H and O–H groups in total. The summed E-state index contributed by atoms with van der Waals surface area (Å²) in [6.07, 6.45) is 0.539. The summed E-state index contributed by atoms with van der Waals surface area (Å²) in [6, 6.07) is 14.2. The molecule has 1 aliphatic heterocycles. The van der Waals surface area contributed by atoms with Crippen molar-refractivity contribution in [2.24, 2.45) is 5.10 Å². The highest BCUT2D eigenvalue weighted by atomic mass is 35.5. The number of hydrazone groups is 1. The van der Waals surface area contributed by atoms with Crippen molar-refractivity contribution in [2.75, 3.05) is 0 Å². The number of phenolic OH excluding ortho intramolecular Hbond substituents is 1. The van der Waals surface area contributed by atoms with Gasteiger partial charge in [0.05, 0.1) is 11.8 Å². The zero-order chi connectivity index (χ0) is 15.7. The monoisotopic (exact) mass is 314 g/mol. The molecule has 1 heterocycles. The number of rotatable bonds is 2. The van der Waals surface area contributed by atoms with E-state index in [0.717, 1.165) is 5.56 Å². The number of benzene rings is 2. The lowest BCUT2D eigenvalue weighted by atomic mass is 9.98. The molecule has 3 rings (SSSR count). The van der Waals surface area contributed by atoms with Crippen LogP contribution >= 0.6 is 11.6 Å². The van der Waals surface area contributed by atoms with Crippen LogP contribution in [0.2, 0.25) is 5.02 Å². The van der Waals surface area contributed by atoms with E-state index in [0.29, 0.717) is 22.7 Å². The number of aromatic hydroxyl groups is 1. The summed E-state index contributed by atoms with van der Waals surface area (Å²) in [4.78, 5) is 11.9. The van der Waals surface area contributed by atoms with Crippen molar-refractivity contribution in [2.45, 2.75) is 19.4 Å². The third-order valence-electron chi connectivity index (χ3n) is 3.68. The molecule has 1 atom stereocenters. The number of phenols is 1. The summed E-state index contributed by atoms with van der Waals surface area (Å²) in [5.74, 6) is 0.0203. The number of halogens is 1. The second-order valence-corrected chi connectivity index (χ2v) is 5.64. The Morgan fingerprint density at radius 3 is 2.73 bits per heavy atom. The van der Waals surface area contributed by atoms with Gasteiger partial charge in [-0.1, -0.05) is 35.9 Å². The van der Waals surface area contributed by atoms with Gasteiger partial charge >= 0.3 is 0 Å². The van der Waals surface area contributed by atoms with Crippen LogP contribution in [0.5, 0.6) is 5.75 Å². The van der Waals surface area contributed by atoms with E-state index < -0.39 is 0 Å². The number of nitrogens with zero attached hydrogens (tertiary/aromatic N) is 2. The van der Waals surface area contributed by atoms with Gasteiger partial charge in [-0.25, -0.2) is 5.01 Å². The third-order valence-corrected chi connectivity index (χ3v) is 3.92. The molecule has 5 heteroatoms. The van der Waals surface area contributed by atoms with E-state index in [1.165, 1.54) is 11.9 Å². The fraction of sp³-hybridized carbons (Fsp3) is 0.176. The molecule has 22 heavy (non-hydrogen) atoms. The van der Waals surface area contributed by atoms with E-state index in [-0.39, 0.29) is 17.7 Å². The van der Waals surface area contributed by atoms with Crippen molar-refractivity contribution in [3.05, 3.63) is 64.7 Å². The van der Waals surface area contributed by atoms with Gasteiger partial charge in [0.2, 0.25) is 5.91 Å². The van der Waals surface area contributed by atoms with Crippen molar-refractivity contribution < 1.29 is 9.90 Å². The Labute approximate surface area is 133 Å². The fourth-order valence-corrected chi connectivity index (χ4v) is 2.85. The lowest BCUT2D eigenvalue weighted by molar-refractivity contribution is -0.130. The van der Waals surface area contributed by atoms with Gasteiger partial charge in [-0.3, -0.25) is 4.79 Å². The molecule has 112 valence electrons. The molecule has 1 aliphatic rings. The second kappa shape index (κ2) is 5.81. The quantitative estimate of drug-likeness (QED) is 0.918. The minimum Gasteiger partial charge on any atom is -0.507 e. The predicted molar refractivity (Wildman–Crippen MR) is 86.0 cm³/mol. The number of hydrogen-bond acceptors (Lipinski definition) is 3. The van der Waals surface area contributed by atoms with Crippen LogP contribution in [-0.4, -0.2) is 21.7 Å². The summed E-state index contributed by atoms with van der Waals surface area (Å²) >= 11 is 6.05. The molecule has 0 radical (unpaired) electrons. The molecule has 2 aromatic carbocycles. The Balaban J connectivity index is 1.99. The fourth-order valence-electron chi connectivity index (χ4n) is 2.65. The number of carbonyl (C=O) groups excluding carboxylic acids is 1. The van der Waals surface area contributed by atoms with E-state index in [1.54, 1.807) is 24.3 Å². The highest BCUT2D eigenvalue weighted by molar-refractivity contribution is 6.30. The minimum absolute atomic E-state index is 0.143. The molecule has 0 aliphatic carbocycles. The van der Waals surface area contributed by atoms with Crippen molar-refractivity contribution in [1.82, 2.24) is 5.01 Å². The third kappa shape index (κ3) is 2.70. The molecule has 4 nitrogen and oxygen atoms in total. The van der Waals surface area contributed by atoms with Gasteiger partial charge in [0, 0.05) is 23.9 Å². The highest BCUT2D eigenvalue weighted by Crippen LogP contribution is 2.35.